The predicted octanol–water partition coefficient (Wildman–Crippen LogP) is 2.43. The highest BCUT2D eigenvalue weighted by molar-refractivity contribution is 5.02. The van der Waals surface area contributed by atoms with Crippen molar-refractivity contribution in [3.05, 3.63) is 18.0 Å². The van der Waals surface area contributed by atoms with Crippen molar-refractivity contribution < 1.29 is 9.84 Å². The van der Waals surface area contributed by atoms with Gasteiger partial charge in [-0.1, -0.05) is 20.8 Å². The Balaban J connectivity index is 2.70. The molecule has 0 radical (unpaired) electrons. The van der Waals surface area contributed by atoms with Crippen LogP contribution in [0.15, 0.2) is 12.3 Å². The third kappa shape index (κ3) is 3.82. The van der Waals surface area contributed by atoms with Crippen LogP contribution in [0.2, 0.25) is 0 Å². The zero-order valence-electron chi connectivity index (χ0n) is 12.3. The number of aliphatic hydroxyl groups excluding tert-OH is 1. The Morgan fingerprint density at radius 2 is 2.00 bits per heavy atom. The minimum absolute atomic E-state index is 0.0885. The van der Waals surface area contributed by atoms with Gasteiger partial charge in [0.05, 0.1) is 17.9 Å². The molecule has 0 fully saturated rings. The maximum absolute atomic E-state index is 10.3. The van der Waals surface area contributed by atoms with E-state index in [1.54, 1.807) is 7.11 Å². The summed E-state index contributed by atoms with van der Waals surface area (Å²) >= 11 is 0. The number of aliphatic hydroxyl groups is 1. The number of ether oxygens (including phenoxy) is 1. The summed E-state index contributed by atoms with van der Waals surface area (Å²) in [5.74, 6) is 0. The van der Waals surface area contributed by atoms with E-state index in [0.717, 1.165) is 5.69 Å². The van der Waals surface area contributed by atoms with Crippen LogP contribution in [0.1, 0.15) is 46.4 Å². The summed E-state index contributed by atoms with van der Waals surface area (Å²) < 4.78 is 7.32. The first kappa shape index (κ1) is 15.2. The SMILES string of the molecule is COC(C(O)Cc1ccn(C(C)C)n1)C(C)(C)C. The first-order valence-corrected chi connectivity index (χ1v) is 6.50. The van der Waals surface area contributed by atoms with Crippen LogP contribution in [-0.4, -0.2) is 34.2 Å². The lowest BCUT2D eigenvalue weighted by Gasteiger charge is -2.32. The Hall–Kier alpha value is -0.870. The fourth-order valence-electron chi connectivity index (χ4n) is 2.18. The monoisotopic (exact) mass is 254 g/mol. The third-order valence-corrected chi connectivity index (χ3v) is 3.07. The van der Waals surface area contributed by atoms with Gasteiger partial charge in [0, 0.05) is 25.8 Å². The summed E-state index contributed by atoms with van der Waals surface area (Å²) in [7, 11) is 1.64. The van der Waals surface area contributed by atoms with E-state index in [2.05, 4.69) is 39.7 Å². The lowest BCUT2D eigenvalue weighted by molar-refractivity contribution is -0.0702. The molecular weight excluding hydrogens is 228 g/mol. The topological polar surface area (TPSA) is 47.3 Å². The smallest absolute Gasteiger partial charge is 0.0882 e. The van der Waals surface area contributed by atoms with Crippen LogP contribution >= 0.6 is 0 Å². The molecule has 0 aliphatic rings. The maximum atomic E-state index is 10.3. The molecule has 0 bridgehead atoms. The molecule has 0 aromatic carbocycles. The van der Waals surface area contributed by atoms with Gasteiger partial charge < -0.3 is 9.84 Å². The van der Waals surface area contributed by atoms with Crippen LogP contribution in [0.5, 0.6) is 0 Å². The number of hydrogen-bond acceptors (Lipinski definition) is 3. The van der Waals surface area contributed by atoms with E-state index >= 15 is 0 Å². The van der Waals surface area contributed by atoms with Crippen molar-refractivity contribution in [3.63, 3.8) is 0 Å². The number of hydrogen-bond donors (Lipinski definition) is 1. The molecule has 0 aliphatic heterocycles. The predicted molar refractivity (Wildman–Crippen MR) is 72.6 cm³/mol. The van der Waals surface area contributed by atoms with Gasteiger partial charge in [-0.2, -0.15) is 5.10 Å². The average molecular weight is 254 g/mol. The van der Waals surface area contributed by atoms with Crippen molar-refractivity contribution in [2.24, 2.45) is 5.41 Å². The Kier molecular flexibility index (Phi) is 4.93. The fraction of sp³-hybridized carbons (Fsp3) is 0.786. The van der Waals surface area contributed by atoms with E-state index in [1.807, 2.05) is 16.9 Å². The Labute approximate surface area is 110 Å². The van der Waals surface area contributed by atoms with Crippen molar-refractivity contribution in [2.45, 2.75) is 59.3 Å². The van der Waals surface area contributed by atoms with Gasteiger partial charge in [-0.25, -0.2) is 0 Å². The Bertz CT molecular complexity index is 366. The number of methoxy groups -OCH3 is 1. The second-order valence-corrected chi connectivity index (χ2v) is 6.17. The number of aromatic nitrogens is 2. The summed E-state index contributed by atoms with van der Waals surface area (Å²) in [5, 5.41) is 14.7. The van der Waals surface area contributed by atoms with Crippen LogP contribution in [0.25, 0.3) is 0 Å². The van der Waals surface area contributed by atoms with Crippen LogP contribution in [0.3, 0.4) is 0 Å². The normalized spacial score (nSPS) is 16.0. The molecule has 1 N–H and O–H groups in total. The molecule has 104 valence electrons. The Morgan fingerprint density at radius 3 is 2.39 bits per heavy atom. The van der Waals surface area contributed by atoms with Crippen molar-refractivity contribution in [1.29, 1.82) is 0 Å². The fourth-order valence-corrected chi connectivity index (χ4v) is 2.18. The van der Waals surface area contributed by atoms with Crippen LogP contribution in [-0.2, 0) is 11.2 Å². The quantitative estimate of drug-likeness (QED) is 0.878. The van der Waals surface area contributed by atoms with E-state index in [9.17, 15) is 5.11 Å². The highest BCUT2D eigenvalue weighted by Crippen LogP contribution is 2.26. The molecule has 0 saturated heterocycles. The molecule has 0 amide bonds. The molecule has 4 heteroatoms. The Morgan fingerprint density at radius 1 is 1.39 bits per heavy atom. The molecule has 1 rings (SSSR count). The summed E-state index contributed by atoms with van der Waals surface area (Å²) in [6.45, 7) is 10.4. The second-order valence-electron chi connectivity index (χ2n) is 6.17. The highest BCUT2D eigenvalue weighted by atomic mass is 16.5. The average Bonchev–Trinajstić information content (AvgIpc) is 2.64. The first-order valence-electron chi connectivity index (χ1n) is 6.50. The van der Waals surface area contributed by atoms with Gasteiger partial charge in [-0.15, -0.1) is 0 Å². The molecule has 1 aromatic rings. The molecule has 0 saturated carbocycles. The van der Waals surface area contributed by atoms with Crippen LogP contribution < -0.4 is 0 Å². The van der Waals surface area contributed by atoms with Gasteiger partial charge in [-0.05, 0) is 25.3 Å². The summed E-state index contributed by atoms with van der Waals surface area (Å²) in [5.41, 5.74) is 0.817. The lowest BCUT2D eigenvalue weighted by Crippen LogP contribution is -2.40. The van der Waals surface area contributed by atoms with Crippen molar-refractivity contribution >= 4 is 0 Å². The van der Waals surface area contributed by atoms with Crippen molar-refractivity contribution in [3.8, 4) is 0 Å². The summed E-state index contributed by atoms with van der Waals surface area (Å²) in [6.07, 6.45) is 1.74. The van der Waals surface area contributed by atoms with Gasteiger partial charge in [0.15, 0.2) is 0 Å². The molecule has 2 unspecified atom stereocenters. The van der Waals surface area contributed by atoms with E-state index in [0.29, 0.717) is 12.5 Å². The van der Waals surface area contributed by atoms with Crippen LogP contribution in [0, 0.1) is 5.41 Å². The van der Waals surface area contributed by atoms with Gasteiger partial charge in [0.2, 0.25) is 0 Å². The maximum Gasteiger partial charge on any atom is 0.0882 e. The minimum Gasteiger partial charge on any atom is -0.390 e. The summed E-state index contributed by atoms with van der Waals surface area (Å²) in [4.78, 5) is 0. The highest BCUT2D eigenvalue weighted by Gasteiger charge is 2.31. The zero-order valence-corrected chi connectivity index (χ0v) is 12.3. The lowest BCUT2D eigenvalue weighted by atomic mass is 9.84. The van der Waals surface area contributed by atoms with Crippen LogP contribution in [0.4, 0.5) is 0 Å². The van der Waals surface area contributed by atoms with Gasteiger partial charge >= 0.3 is 0 Å². The minimum atomic E-state index is -0.537. The van der Waals surface area contributed by atoms with E-state index in [4.69, 9.17) is 4.74 Å². The molecule has 18 heavy (non-hydrogen) atoms. The van der Waals surface area contributed by atoms with Gasteiger partial charge in [-0.3, -0.25) is 4.68 Å². The first-order chi connectivity index (χ1) is 8.25. The summed E-state index contributed by atoms with van der Waals surface area (Å²) in [6, 6.07) is 2.30. The van der Waals surface area contributed by atoms with E-state index in [-0.39, 0.29) is 11.5 Å². The molecule has 0 spiro atoms. The van der Waals surface area contributed by atoms with Crippen molar-refractivity contribution in [2.75, 3.05) is 7.11 Å². The zero-order chi connectivity index (χ0) is 13.9. The standard InChI is InChI=1S/C14H26N2O2/c1-10(2)16-8-7-11(15-16)9-12(17)13(18-6)14(3,4)5/h7-8,10,12-13,17H,9H2,1-6H3. The number of nitrogens with zero attached hydrogens (tertiary/aromatic N) is 2. The molecule has 1 aromatic heterocycles. The third-order valence-electron chi connectivity index (χ3n) is 3.07. The molecular formula is C14H26N2O2. The molecule has 0 aliphatic carbocycles. The molecule has 4 nitrogen and oxygen atoms in total. The van der Waals surface area contributed by atoms with E-state index < -0.39 is 6.10 Å². The molecule has 2 atom stereocenters. The van der Waals surface area contributed by atoms with E-state index in [1.165, 1.54) is 0 Å². The van der Waals surface area contributed by atoms with Gasteiger partial charge in [0.1, 0.15) is 0 Å². The van der Waals surface area contributed by atoms with Gasteiger partial charge in [0.25, 0.3) is 0 Å². The molecule has 1 heterocycles. The number of rotatable bonds is 5. The largest absolute Gasteiger partial charge is 0.390 e. The van der Waals surface area contributed by atoms with Crippen molar-refractivity contribution in [1.82, 2.24) is 9.78 Å². The second kappa shape index (κ2) is 5.85.